The first-order chi connectivity index (χ1) is 11.1. The van der Waals surface area contributed by atoms with E-state index in [9.17, 15) is 9.59 Å². The van der Waals surface area contributed by atoms with Crippen LogP contribution in [0.15, 0.2) is 5.38 Å². The highest BCUT2D eigenvalue weighted by molar-refractivity contribution is 7.13. The van der Waals surface area contributed by atoms with E-state index in [-0.39, 0.29) is 12.1 Å². The van der Waals surface area contributed by atoms with Crippen molar-refractivity contribution in [2.24, 2.45) is 5.92 Å². The van der Waals surface area contributed by atoms with E-state index in [1.807, 2.05) is 0 Å². The minimum absolute atomic E-state index is 0.352. The van der Waals surface area contributed by atoms with Crippen molar-refractivity contribution in [3.63, 3.8) is 0 Å². The third-order valence-electron chi connectivity index (χ3n) is 3.67. The standard InChI is InChI=1S/C15H23N3O4S/c1-3-21-13(19)12-10-23-14(17-12)18-7-5-11(6-8-18)9-16-15(20)22-4-2/h10-11H,3-9H2,1-2H3,(H,16,20). The summed E-state index contributed by atoms with van der Waals surface area (Å²) >= 11 is 1.46. The van der Waals surface area contributed by atoms with Gasteiger partial charge in [-0.15, -0.1) is 11.3 Å². The van der Waals surface area contributed by atoms with Gasteiger partial charge in [-0.25, -0.2) is 14.6 Å². The van der Waals surface area contributed by atoms with Crippen LogP contribution in [0.3, 0.4) is 0 Å². The Morgan fingerprint density at radius 1 is 1.30 bits per heavy atom. The Balaban J connectivity index is 1.78. The van der Waals surface area contributed by atoms with Gasteiger partial charge in [0.15, 0.2) is 10.8 Å². The molecule has 1 aromatic rings. The molecule has 1 aliphatic rings. The Labute approximate surface area is 140 Å². The van der Waals surface area contributed by atoms with Gasteiger partial charge in [0.05, 0.1) is 13.2 Å². The third-order valence-corrected chi connectivity index (χ3v) is 4.57. The molecule has 1 N–H and O–H groups in total. The first-order valence-electron chi connectivity index (χ1n) is 7.92. The van der Waals surface area contributed by atoms with Gasteiger partial charge >= 0.3 is 12.1 Å². The fraction of sp³-hybridized carbons (Fsp3) is 0.667. The Bertz CT molecular complexity index is 527. The molecule has 1 saturated heterocycles. The number of anilines is 1. The second-order valence-electron chi connectivity index (χ2n) is 5.27. The van der Waals surface area contributed by atoms with Crippen LogP contribution in [0.25, 0.3) is 0 Å². The second kappa shape index (κ2) is 8.71. The highest BCUT2D eigenvalue weighted by Crippen LogP contribution is 2.26. The summed E-state index contributed by atoms with van der Waals surface area (Å²) in [7, 11) is 0. The third kappa shape index (κ3) is 5.09. The molecule has 2 rings (SSSR count). The first kappa shape index (κ1) is 17.5. The molecule has 1 aromatic heterocycles. The zero-order chi connectivity index (χ0) is 16.7. The highest BCUT2D eigenvalue weighted by atomic mass is 32.1. The maximum Gasteiger partial charge on any atom is 0.407 e. The van der Waals surface area contributed by atoms with E-state index in [4.69, 9.17) is 9.47 Å². The highest BCUT2D eigenvalue weighted by Gasteiger charge is 2.23. The number of piperidine rings is 1. The van der Waals surface area contributed by atoms with E-state index in [1.54, 1.807) is 19.2 Å². The van der Waals surface area contributed by atoms with E-state index in [1.165, 1.54) is 11.3 Å². The van der Waals surface area contributed by atoms with Crippen LogP contribution in [-0.2, 0) is 9.47 Å². The molecule has 0 aliphatic carbocycles. The summed E-state index contributed by atoms with van der Waals surface area (Å²) in [6.45, 7) is 6.67. The maximum absolute atomic E-state index is 11.6. The number of hydrogen-bond donors (Lipinski definition) is 1. The monoisotopic (exact) mass is 341 g/mol. The molecule has 1 aliphatic heterocycles. The fourth-order valence-corrected chi connectivity index (χ4v) is 3.30. The van der Waals surface area contributed by atoms with Crippen molar-refractivity contribution >= 4 is 28.5 Å². The predicted molar refractivity (Wildman–Crippen MR) is 88.0 cm³/mol. The fourth-order valence-electron chi connectivity index (χ4n) is 2.45. The van der Waals surface area contributed by atoms with Crippen LogP contribution in [0.5, 0.6) is 0 Å². The summed E-state index contributed by atoms with van der Waals surface area (Å²) in [6.07, 6.45) is 1.59. The Morgan fingerprint density at radius 3 is 2.65 bits per heavy atom. The number of rotatable bonds is 6. The van der Waals surface area contributed by atoms with Crippen LogP contribution < -0.4 is 10.2 Å². The van der Waals surface area contributed by atoms with E-state index in [2.05, 4.69) is 15.2 Å². The second-order valence-corrected chi connectivity index (χ2v) is 6.10. The molecular weight excluding hydrogens is 318 g/mol. The van der Waals surface area contributed by atoms with Gasteiger partial charge in [-0.1, -0.05) is 0 Å². The van der Waals surface area contributed by atoms with Gasteiger partial charge in [-0.05, 0) is 32.6 Å². The lowest BCUT2D eigenvalue weighted by Gasteiger charge is -2.31. The number of nitrogens with one attached hydrogen (secondary N) is 1. The molecule has 1 fully saturated rings. The number of ether oxygens (including phenoxy) is 2. The molecule has 0 unspecified atom stereocenters. The average Bonchev–Trinajstić information content (AvgIpc) is 3.04. The Morgan fingerprint density at radius 2 is 2.00 bits per heavy atom. The first-order valence-corrected chi connectivity index (χ1v) is 8.80. The van der Waals surface area contributed by atoms with E-state index < -0.39 is 0 Å². The molecule has 0 spiro atoms. The Kier molecular flexibility index (Phi) is 6.64. The van der Waals surface area contributed by atoms with Gasteiger partial charge in [0.1, 0.15) is 0 Å². The molecule has 2 heterocycles. The summed E-state index contributed by atoms with van der Waals surface area (Å²) in [4.78, 5) is 29.5. The summed E-state index contributed by atoms with van der Waals surface area (Å²) in [5.41, 5.74) is 0.373. The van der Waals surface area contributed by atoms with Crippen molar-refractivity contribution in [3.8, 4) is 0 Å². The zero-order valence-electron chi connectivity index (χ0n) is 13.5. The summed E-state index contributed by atoms with van der Waals surface area (Å²) < 4.78 is 9.81. The van der Waals surface area contributed by atoms with E-state index >= 15 is 0 Å². The van der Waals surface area contributed by atoms with Crippen molar-refractivity contribution in [3.05, 3.63) is 11.1 Å². The molecule has 23 heavy (non-hydrogen) atoms. The number of alkyl carbamates (subject to hydrolysis) is 1. The lowest BCUT2D eigenvalue weighted by atomic mass is 9.97. The topological polar surface area (TPSA) is 80.8 Å². The van der Waals surface area contributed by atoms with Crippen LogP contribution in [0.1, 0.15) is 37.2 Å². The number of carbonyl (C=O) groups is 2. The number of amides is 1. The average molecular weight is 341 g/mol. The molecule has 8 heteroatoms. The number of esters is 1. The summed E-state index contributed by atoms with van der Waals surface area (Å²) in [6, 6.07) is 0. The van der Waals surface area contributed by atoms with Crippen LogP contribution in [0, 0.1) is 5.92 Å². The van der Waals surface area contributed by atoms with E-state index in [0.717, 1.165) is 31.1 Å². The summed E-state index contributed by atoms with van der Waals surface area (Å²) in [5.74, 6) is 0.0728. The summed E-state index contributed by atoms with van der Waals surface area (Å²) in [5, 5.41) is 5.38. The maximum atomic E-state index is 11.6. The number of aromatic nitrogens is 1. The molecule has 0 aromatic carbocycles. The van der Waals surface area contributed by atoms with Gasteiger partial charge in [0, 0.05) is 25.0 Å². The molecule has 128 valence electrons. The zero-order valence-corrected chi connectivity index (χ0v) is 14.4. The van der Waals surface area contributed by atoms with Gasteiger partial charge in [0.25, 0.3) is 0 Å². The van der Waals surface area contributed by atoms with Crippen LogP contribution >= 0.6 is 11.3 Å². The molecule has 0 radical (unpaired) electrons. The van der Waals surface area contributed by atoms with Crippen molar-refractivity contribution in [1.82, 2.24) is 10.3 Å². The van der Waals surface area contributed by atoms with Crippen molar-refractivity contribution < 1.29 is 19.1 Å². The lowest BCUT2D eigenvalue weighted by molar-refractivity contribution is 0.0520. The number of carbonyl (C=O) groups excluding carboxylic acids is 2. The number of thiazole rings is 1. The molecule has 7 nitrogen and oxygen atoms in total. The predicted octanol–water partition coefficient (Wildman–Crippen LogP) is 2.28. The van der Waals surface area contributed by atoms with E-state index in [0.29, 0.717) is 31.4 Å². The number of hydrogen-bond acceptors (Lipinski definition) is 7. The molecule has 0 atom stereocenters. The van der Waals surface area contributed by atoms with Crippen LogP contribution in [0.4, 0.5) is 9.93 Å². The smallest absolute Gasteiger partial charge is 0.407 e. The largest absolute Gasteiger partial charge is 0.461 e. The number of nitrogens with zero attached hydrogens (tertiary/aromatic N) is 2. The molecule has 0 bridgehead atoms. The van der Waals surface area contributed by atoms with Crippen molar-refractivity contribution in [2.45, 2.75) is 26.7 Å². The van der Waals surface area contributed by atoms with Crippen molar-refractivity contribution in [1.29, 1.82) is 0 Å². The van der Waals surface area contributed by atoms with Gasteiger partial charge in [0.2, 0.25) is 0 Å². The van der Waals surface area contributed by atoms with Gasteiger partial charge in [-0.2, -0.15) is 0 Å². The normalized spacial score (nSPS) is 15.3. The molecule has 1 amide bonds. The van der Waals surface area contributed by atoms with Gasteiger partial charge in [-0.3, -0.25) is 0 Å². The van der Waals surface area contributed by atoms with Crippen LogP contribution in [0.2, 0.25) is 0 Å². The molecule has 0 saturated carbocycles. The minimum Gasteiger partial charge on any atom is -0.461 e. The van der Waals surface area contributed by atoms with Crippen LogP contribution in [-0.4, -0.2) is 49.9 Å². The van der Waals surface area contributed by atoms with Crippen molar-refractivity contribution in [2.75, 3.05) is 37.7 Å². The Hall–Kier alpha value is -1.83. The van der Waals surface area contributed by atoms with Gasteiger partial charge < -0.3 is 19.7 Å². The SMILES string of the molecule is CCOC(=O)NCC1CCN(c2nc(C(=O)OCC)cs2)CC1. The minimum atomic E-state index is -0.372. The quantitative estimate of drug-likeness (QED) is 0.800. The molecular formula is C15H23N3O4S. The lowest BCUT2D eigenvalue weighted by Crippen LogP contribution is -2.38.